The number of Topliss-reactive ketones (excluding diaryl/α,β-unsaturated/α-hetero) is 1. The van der Waals surface area contributed by atoms with Crippen LogP contribution in [0, 0.1) is 6.92 Å². The van der Waals surface area contributed by atoms with Crippen molar-refractivity contribution in [1.29, 1.82) is 0 Å². The number of nitrogens with one attached hydrogen (secondary N) is 2. The number of rotatable bonds is 6. The molecule has 0 spiro atoms. The van der Waals surface area contributed by atoms with Gasteiger partial charge in [0, 0.05) is 29.8 Å². The van der Waals surface area contributed by atoms with Crippen molar-refractivity contribution in [3.05, 3.63) is 88.2 Å². The van der Waals surface area contributed by atoms with E-state index in [2.05, 4.69) is 15.3 Å². The number of benzene rings is 2. The van der Waals surface area contributed by atoms with Gasteiger partial charge in [0.15, 0.2) is 5.78 Å². The number of phenolic OH excluding ortho intramolecular Hbond substituents is 1. The van der Waals surface area contributed by atoms with E-state index in [1.54, 1.807) is 24.4 Å². The molecule has 0 radical (unpaired) electrons. The molecule has 1 amide bonds. The minimum Gasteiger partial charge on any atom is -0.507 e. The number of nitrogens with zero attached hydrogens (tertiary/aromatic N) is 1. The Morgan fingerprint density at radius 3 is 2.54 bits per heavy atom. The van der Waals surface area contributed by atoms with Crippen molar-refractivity contribution in [2.45, 2.75) is 32.9 Å². The Labute approximate surface area is 198 Å². The van der Waals surface area contributed by atoms with E-state index in [0.29, 0.717) is 35.9 Å². The Hall–Kier alpha value is -4.14. The van der Waals surface area contributed by atoms with Gasteiger partial charge in [0.1, 0.15) is 11.4 Å². The van der Waals surface area contributed by atoms with E-state index in [1.165, 1.54) is 6.92 Å². The second-order valence-electron chi connectivity index (χ2n) is 8.35. The summed E-state index contributed by atoms with van der Waals surface area (Å²) < 4.78 is 39.2. The molecular formula is C26H22F3N3O3. The number of hydrogen-bond donors (Lipinski definition) is 3. The molecule has 0 aliphatic heterocycles. The predicted molar refractivity (Wildman–Crippen MR) is 126 cm³/mol. The number of hydrogen-bond acceptors (Lipinski definition) is 4. The molecule has 6 nitrogen and oxygen atoms in total. The number of aromatic amines is 1. The Morgan fingerprint density at radius 1 is 1.06 bits per heavy atom. The van der Waals surface area contributed by atoms with Gasteiger partial charge in [0.05, 0.1) is 11.3 Å². The maximum Gasteiger partial charge on any atom is 0.419 e. The first-order valence-electron chi connectivity index (χ1n) is 10.8. The highest BCUT2D eigenvalue weighted by Crippen LogP contribution is 2.36. The van der Waals surface area contributed by atoms with E-state index in [4.69, 9.17) is 0 Å². The number of anilines is 1. The Morgan fingerprint density at radius 2 is 1.83 bits per heavy atom. The summed E-state index contributed by atoms with van der Waals surface area (Å²) in [5.41, 5.74) is 3.05. The van der Waals surface area contributed by atoms with Crippen LogP contribution in [0.4, 0.5) is 18.9 Å². The van der Waals surface area contributed by atoms with Crippen LogP contribution >= 0.6 is 0 Å². The van der Waals surface area contributed by atoms with Crippen LogP contribution < -0.4 is 5.32 Å². The standard InChI is InChI=1S/C26H22F3N3O3/c1-14-3-7-20(31-25(35)18-6-8-23(34)21(11-18)26(27,28)29)10-17(14)5-4-16-9-19-12-22(15(2)33)32-24(19)30-13-16/h3,6-13,34H,4-5H2,1-2H3,(H,30,32)(H,31,35). The summed E-state index contributed by atoms with van der Waals surface area (Å²) in [4.78, 5) is 31.5. The number of aromatic nitrogens is 2. The molecule has 0 unspecified atom stereocenters. The lowest BCUT2D eigenvalue weighted by atomic mass is 10.00. The summed E-state index contributed by atoms with van der Waals surface area (Å²) in [5.74, 6) is -1.72. The van der Waals surface area contributed by atoms with Crippen LogP contribution in [0.3, 0.4) is 0 Å². The third-order valence-corrected chi connectivity index (χ3v) is 5.76. The highest BCUT2D eigenvalue weighted by Gasteiger charge is 2.34. The minimum atomic E-state index is -4.77. The summed E-state index contributed by atoms with van der Waals surface area (Å²) in [7, 11) is 0. The Balaban J connectivity index is 1.49. The second-order valence-corrected chi connectivity index (χ2v) is 8.35. The van der Waals surface area contributed by atoms with Gasteiger partial charge >= 0.3 is 6.18 Å². The first kappa shape index (κ1) is 24.0. The molecule has 4 aromatic rings. The van der Waals surface area contributed by atoms with Crippen molar-refractivity contribution in [3.8, 4) is 5.75 Å². The van der Waals surface area contributed by atoms with Crippen molar-refractivity contribution in [2.24, 2.45) is 0 Å². The van der Waals surface area contributed by atoms with Gasteiger partial charge in [-0.3, -0.25) is 9.59 Å². The van der Waals surface area contributed by atoms with Gasteiger partial charge in [-0.2, -0.15) is 13.2 Å². The largest absolute Gasteiger partial charge is 0.507 e. The molecule has 0 aliphatic carbocycles. The first-order chi connectivity index (χ1) is 16.5. The Kier molecular flexibility index (Phi) is 6.34. The van der Waals surface area contributed by atoms with Crippen LogP contribution in [0.25, 0.3) is 11.0 Å². The molecule has 0 fully saturated rings. The third-order valence-electron chi connectivity index (χ3n) is 5.76. The summed E-state index contributed by atoms with van der Waals surface area (Å²) in [6, 6.07) is 11.6. The van der Waals surface area contributed by atoms with E-state index in [9.17, 15) is 27.9 Å². The maximum atomic E-state index is 13.1. The van der Waals surface area contributed by atoms with Crippen molar-refractivity contribution < 1.29 is 27.9 Å². The molecule has 0 atom stereocenters. The second kappa shape index (κ2) is 9.25. The number of amides is 1. The molecule has 180 valence electrons. The van der Waals surface area contributed by atoms with Gasteiger partial charge in [-0.25, -0.2) is 4.98 Å². The van der Waals surface area contributed by atoms with E-state index in [-0.39, 0.29) is 11.3 Å². The molecule has 0 saturated heterocycles. The maximum absolute atomic E-state index is 13.1. The van der Waals surface area contributed by atoms with Crippen LogP contribution in [-0.2, 0) is 19.0 Å². The zero-order chi connectivity index (χ0) is 25.3. The normalized spacial score (nSPS) is 11.6. The van der Waals surface area contributed by atoms with Crippen molar-refractivity contribution in [3.63, 3.8) is 0 Å². The molecule has 4 rings (SSSR count). The highest BCUT2D eigenvalue weighted by molar-refractivity contribution is 6.04. The quantitative estimate of drug-likeness (QED) is 0.302. The highest BCUT2D eigenvalue weighted by atomic mass is 19.4. The lowest BCUT2D eigenvalue weighted by Gasteiger charge is -2.13. The topological polar surface area (TPSA) is 95.1 Å². The number of phenols is 1. The molecule has 2 heterocycles. The number of alkyl halides is 3. The van der Waals surface area contributed by atoms with Gasteiger partial charge in [-0.1, -0.05) is 6.07 Å². The van der Waals surface area contributed by atoms with E-state index < -0.39 is 23.4 Å². The van der Waals surface area contributed by atoms with E-state index in [1.807, 2.05) is 19.1 Å². The van der Waals surface area contributed by atoms with Crippen LogP contribution in [0.2, 0.25) is 0 Å². The fourth-order valence-electron chi connectivity index (χ4n) is 3.79. The van der Waals surface area contributed by atoms with Crippen molar-refractivity contribution in [1.82, 2.24) is 9.97 Å². The van der Waals surface area contributed by atoms with Crippen LogP contribution in [-0.4, -0.2) is 26.8 Å². The van der Waals surface area contributed by atoms with Gasteiger partial charge < -0.3 is 15.4 Å². The summed E-state index contributed by atoms with van der Waals surface area (Å²) in [6.45, 7) is 3.42. The van der Waals surface area contributed by atoms with E-state index >= 15 is 0 Å². The zero-order valence-electron chi connectivity index (χ0n) is 19.0. The van der Waals surface area contributed by atoms with Crippen LogP contribution in [0.5, 0.6) is 5.75 Å². The van der Waals surface area contributed by atoms with Gasteiger partial charge in [-0.05, 0) is 78.9 Å². The summed E-state index contributed by atoms with van der Waals surface area (Å²) in [6.07, 6.45) is -1.73. The molecule has 2 aromatic carbocycles. The van der Waals surface area contributed by atoms with E-state index in [0.717, 1.165) is 34.2 Å². The van der Waals surface area contributed by atoms with Crippen molar-refractivity contribution in [2.75, 3.05) is 5.32 Å². The Bertz CT molecular complexity index is 1440. The molecule has 3 N–H and O–H groups in total. The number of carbonyl (C=O) groups excluding carboxylic acids is 2. The van der Waals surface area contributed by atoms with Gasteiger partial charge in [0.25, 0.3) is 5.91 Å². The molecule has 2 aromatic heterocycles. The number of halogens is 3. The van der Waals surface area contributed by atoms with Gasteiger partial charge in [0.2, 0.25) is 0 Å². The van der Waals surface area contributed by atoms with Crippen molar-refractivity contribution >= 4 is 28.4 Å². The first-order valence-corrected chi connectivity index (χ1v) is 10.8. The number of H-pyrrole nitrogens is 1. The van der Waals surface area contributed by atoms with Crippen LogP contribution in [0.1, 0.15) is 50.0 Å². The summed E-state index contributed by atoms with van der Waals surface area (Å²) >= 11 is 0. The third kappa shape index (κ3) is 5.34. The van der Waals surface area contributed by atoms with Gasteiger partial charge in [-0.15, -0.1) is 0 Å². The molecular weight excluding hydrogens is 459 g/mol. The number of fused-ring (bicyclic) bond motifs is 1. The number of aryl methyl sites for hydroxylation is 3. The fourth-order valence-corrected chi connectivity index (χ4v) is 3.79. The SMILES string of the molecule is CC(=O)c1cc2cc(CCc3cc(NC(=O)c4ccc(O)c(C(F)(F)F)c4)ccc3C)cnc2[nH]1. The average Bonchev–Trinajstić information content (AvgIpc) is 3.23. The molecule has 0 aliphatic rings. The zero-order valence-corrected chi connectivity index (χ0v) is 19.0. The average molecular weight is 481 g/mol. The lowest BCUT2D eigenvalue weighted by molar-refractivity contribution is -0.138. The number of aromatic hydroxyl groups is 1. The molecule has 0 saturated carbocycles. The summed E-state index contributed by atoms with van der Waals surface area (Å²) in [5, 5.41) is 12.9. The monoisotopic (exact) mass is 481 g/mol. The molecule has 0 bridgehead atoms. The number of carbonyl (C=O) groups is 2. The predicted octanol–water partition coefficient (Wildman–Crippen LogP) is 5.84. The number of pyridine rings is 1. The molecule has 9 heteroatoms. The lowest BCUT2D eigenvalue weighted by Crippen LogP contribution is -2.14. The van der Waals surface area contributed by atoms with Crippen LogP contribution in [0.15, 0.2) is 54.7 Å². The molecule has 35 heavy (non-hydrogen) atoms. The number of ketones is 1. The minimum absolute atomic E-state index is 0.0685. The smallest absolute Gasteiger partial charge is 0.419 e. The fraction of sp³-hybridized carbons (Fsp3) is 0.192.